The second-order valence-electron chi connectivity index (χ2n) is 8.51. The number of furan rings is 1. The Labute approximate surface area is 201 Å². The highest BCUT2D eigenvalue weighted by Crippen LogP contribution is 2.08. The van der Waals surface area contributed by atoms with Gasteiger partial charge in [-0.1, -0.05) is 33.8 Å². The van der Waals surface area contributed by atoms with Gasteiger partial charge in [0.1, 0.15) is 35.0 Å². The van der Waals surface area contributed by atoms with Crippen molar-refractivity contribution in [2.75, 3.05) is 0 Å². The number of pyridine rings is 1. The van der Waals surface area contributed by atoms with Crippen molar-refractivity contribution in [3.8, 4) is 0 Å². The molecule has 35 heavy (non-hydrogen) atoms. The van der Waals surface area contributed by atoms with E-state index in [1.165, 1.54) is 30.6 Å². The van der Waals surface area contributed by atoms with Crippen LogP contribution in [-0.2, 0) is 9.59 Å². The first-order valence-electron chi connectivity index (χ1n) is 11.0. The van der Waals surface area contributed by atoms with Crippen molar-refractivity contribution in [1.29, 1.82) is 0 Å². The molecular formula is C23H27N7O5. The maximum atomic E-state index is 12.8. The molecule has 0 unspecified atom stereocenters. The fraction of sp³-hybridized carbons (Fsp3) is 0.348. The highest BCUT2D eigenvalue weighted by Gasteiger charge is 2.27. The van der Waals surface area contributed by atoms with E-state index < -0.39 is 35.7 Å². The number of amides is 4. The number of fused-ring (bicyclic) bond motifs is 4. The van der Waals surface area contributed by atoms with Crippen molar-refractivity contribution >= 4 is 36.1 Å². The predicted octanol–water partition coefficient (Wildman–Crippen LogP) is 0.797. The van der Waals surface area contributed by atoms with Gasteiger partial charge in [-0.15, -0.1) is 0 Å². The van der Waals surface area contributed by atoms with Gasteiger partial charge in [-0.3, -0.25) is 19.2 Å². The number of hydrogen-bond donors (Lipinski definition) is 4. The van der Waals surface area contributed by atoms with E-state index in [1.807, 2.05) is 0 Å². The van der Waals surface area contributed by atoms with E-state index in [0.717, 1.165) is 0 Å². The van der Waals surface area contributed by atoms with Crippen LogP contribution in [0.1, 0.15) is 60.2 Å². The highest BCUT2D eigenvalue weighted by atomic mass is 16.3. The maximum Gasteiger partial charge on any atom is 0.270 e. The molecule has 0 fully saturated rings. The van der Waals surface area contributed by atoms with E-state index in [4.69, 9.17) is 4.42 Å². The highest BCUT2D eigenvalue weighted by molar-refractivity contribution is 5.99. The number of hydrazone groups is 2. The third-order valence-electron chi connectivity index (χ3n) is 5.07. The molecule has 4 bridgehead atoms. The standard InChI is InChI=1S/C23H27N7O5/c1-12(2)18-22(33)29-24-10-14-8-9-15(35-14)11-25-30-23(34)19(13(3)4)28-21(32)17-7-5-6-16(26-17)20(31)27-18/h5-13,18-19H,1-4H3,(H,27,31)(H,28,32)(H,29,33)(H,30,34)/b24-10+,25-11+/t18-,19-/m0/s1. The number of aromatic nitrogens is 1. The normalized spacial score (nSPS) is 21.5. The lowest BCUT2D eigenvalue weighted by molar-refractivity contribution is -0.124. The van der Waals surface area contributed by atoms with Gasteiger partial charge in [0.15, 0.2) is 0 Å². The molecule has 2 aromatic heterocycles. The SMILES string of the molecule is CC(C)[C@@H]1NC(=O)c2cccc(n2)C(=O)N[C@@H](C(C)C)C(=O)N/N=C/c2ccc(o2)/C=N/NC1=O. The van der Waals surface area contributed by atoms with E-state index in [9.17, 15) is 19.2 Å². The molecule has 1 aliphatic heterocycles. The number of nitrogens with one attached hydrogen (secondary N) is 4. The quantitative estimate of drug-likeness (QED) is 0.495. The van der Waals surface area contributed by atoms with E-state index in [-0.39, 0.29) is 23.2 Å². The van der Waals surface area contributed by atoms with Gasteiger partial charge in [-0.25, -0.2) is 15.8 Å². The Balaban J connectivity index is 1.95. The maximum absolute atomic E-state index is 12.8. The molecular weight excluding hydrogens is 454 g/mol. The molecule has 0 aromatic carbocycles. The van der Waals surface area contributed by atoms with Crippen molar-refractivity contribution in [1.82, 2.24) is 26.5 Å². The summed E-state index contributed by atoms with van der Waals surface area (Å²) in [5, 5.41) is 13.0. The van der Waals surface area contributed by atoms with Gasteiger partial charge in [-0.05, 0) is 36.1 Å². The molecule has 0 radical (unpaired) electrons. The summed E-state index contributed by atoms with van der Waals surface area (Å²) in [6.45, 7) is 7.05. The second kappa shape index (κ2) is 11.2. The van der Waals surface area contributed by atoms with Gasteiger partial charge in [0.2, 0.25) is 0 Å². The van der Waals surface area contributed by atoms with Crippen LogP contribution in [0.3, 0.4) is 0 Å². The average Bonchev–Trinajstić information content (AvgIpc) is 3.27. The molecule has 0 aliphatic carbocycles. The Kier molecular flexibility index (Phi) is 8.08. The Hall–Kier alpha value is -4.35. The van der Waals surface area contributed by atoms with Crippen LogP contribution < -0.4 is 21.5 Å². The summed E-state index contributed by atoms with van der Waals surface area (Å²) in [6, 6.07) is 5.68. The summed E-state index contributed by atoms with van der Waals surface area (Å²) in [6.07, 6.45) is 2.58. The Morgan fingerprint density at radius 2 is 1.14 bits per heavy atom. The van der Waals surface area contributed by atoms with Crippen LogP contribution >= 0.6 is 0 Å². The molecule has 0 saturated carbocycles. The van der Waals surface area contributed by atoms with Crippen molar-refractivity contribution in [2.24, 2.45) is 22.0 Å². The molecule has 0 spiro atoms. The Morgan fingerprint density at radius 1 is 0.714 bits per heavy atom. The largest absolute Gasteiger partial charge is 0.454 e. The number of hydrogen-bond acceptors (Lipinski definition) is 8. The Bertz CT molecular complexity index is 1080. The molecule has 1 aliphatic rings. The molecule has 0 saturated heterocycles. The van der Waals surface area contributed by atoms with Crippen LogP contribution in [0.2, 0.25) is 0 Å². The minimum absolute atomic E-state index is 0.0627. The van der Waals surface area contributed by atoms with Crippen LogP contribution in [0, 0.1) is 11.8 Å². The van der Waals surface area contributed by atoms with Crippen molar-refractivity contribution < 1.29 is 23.6 Å². The van der Waals surface area contributed by atoms with Crippen molar-refractivity contribution in [3.63, 3.8) is 0 Å². The lowest BCUT2D eigenvalue weighted by Gasteiger charge is -2.21. The van der Waals surface area contributed by atoms with E-state index in [2.05, 4.69) is 36.7 Å². The minimum Gasteiger partial charge on any atom is -0.454 e. The number of carbonyl (C=O) groups is 4. The van der Waals surface area contributed by atoms with Gasteiger partial charge in [0.25, 0.3) is 23.6 Å². The summed E-state index contributed by atoms with van der Waals surface area (Å²) in [5.74, 6) is -2.25. The summed E-state index contributed by atoms with van der Waals surface area (Å²) in [4.78, 5) is 55.0. The first-order chi connectivity index (χ1) is 16.7. The zero-order valence-electron chi connectivity index (χ0n) is 19.7. The summed E-state index contributed by atoms with van der Waals surface area (Å²) < 4.78 is 5.50. The van der Waals surface area contributed by atoms with Crippen LogP contribution in [0.5, 0.6) is 0 Å². The number of nitrogens with zero attached hydrogens (tertiary/aromatic N) is 3. The van der Waals surface area contributed by atoms with Crippen molar-refractivity contribution in [3.05, 3.63) is 53.2 Å². The number of rotatable bonds is 2. The van der Waals surface area contributed by atoms with Gasteiger partial charge in [0, 0.05) is 0 Å². The van der Waals surface area contributed by atoms with Gasteiger partial charge >= 0.3 is 0 Å². The molecule has 3 rings (SSSR count). The second-order valence-corrected chi connectivity index (χ2v) is 8.51. The molecule has 12 heteroatoms. The molecule has 184 valence electrons. The zero-order valence-corrected chi connectivity index (χ0v) is 19.7. The molecule has 4 amide bonds. The molecule has 3 heterocycles. The first-order valence-corrected chi connectivity index (χ1v) is 11.0. The van der Waals surface area contributed by atoms with Crippen LogP contribution in [0.4, 0.5) is 0 Å². The van der Waals surface area contributed by atoms with Crippen LogP contribution in [-0.4, -0.2) is 53.1 Å². The lowest BCUT2D eigenvalue weighted by atomic mass is 10.0. The molecule has 12 nitrogen and oxygen atoms in total. The van der Waals surface area contributed by atoms with Crippen LogP contribution in [0.15, 0.2) is 45.0 Å². The summed E-state index contributed by atoms with van der Waals surface area (Å²) >= 11 is 0. The van der Waals surface area contributed by atoms with Crippen LogP contribution in [0.25, 0.3) is 0 Å². The zero-order chi connectivity index (χ0) is 25.5. The topological polar surface area (TPSA) is 167 Å². The van der Waals surface area contributed by atoms with Gasteiger partial charge in [0.05, 0.1) is 12.4 Å². The number of carbonyl (C=O) groups excluding carboxylic acids is 4. The smallest absolute Gasteiger partial charge is 0.270 e. The Morgan fingerprint density at radius 3 is 1.54 bits per heavy atom. The van der Waals surface area contributed by atoms with E-state index in [1.54, 1.807) is 39.8 Å². The predicted molar refractivity (Wildman–Crippen MR) is 127 cm³/mol. The monoisotopic (exact) mass is 481 g/mol. The lowest BCUT2D eigenvalue weighted by Crippen LogP contribution is -2.49. The molecule has 4 N–H and O–H groups in total. The molecule has 2 atom stereocenters. The fourth-order valence-corrected chi connectivity index (χ4v) is 3.15. The van der Waals surface area contributed by atoms with Gasteiger partial charge in [-0.2, -0.15) is 10.2 Å². The first kappa shape index (κ1) is 25.3. The third-order valence-corrected chi connectivity index (χ3v) is 5.07. The average molecular weight is 482 g/mol. The van der Waals surface area contributed by atoms with Crippen molar-refractivity contribution in [2.45, 2.75) is 39.8 Å². The minimum atomic E-state index is -0.919. The molecule has 2 aromatic rings. The fourth-order valence-electron chi connectivity index (χ4n) is 3.15. The third kappa shape index (κ3) is 6.59. The summed E-state index contributed by atoms with van der Waals surface area (Å²) in [5.41, 5.74) is 4.62. The van der Waals surface area contributed by atoms with Gasteiger partial charge < -0.3 is 15.1 Å². The summed E-state index contributed by atoms with van der Waals surface area (Å²) in [7, 11) is 0. The van der Waals surface area contributed by atoms with E-state index >= 15 is 0 Å². The van der Waals surface area contributed by atoms with E-state index in [0.29, 0.717) is 11.5 Å².